The van der Waals surface area contributed by atoms with E-state index in [0.29, 0.717) is 11.3 Å². The lowest BCUT2D eigenvalue weighted by molar-refractivity contribution is -0.144. The van der Waals surface area contributed by atoms with Gasteiger partial charge in [-0.2, -0.15) is 28.2 Å². The number of anilines is 1. The smallest absolute Gasteiger partial charge is 0.306 e. The summed E-state index contributed by atoms with van der Waals surface area (Å²) in [6.07, 6.45) is -1.26. The molecule has 0 aliphatic heterocycles. The fourth-order valence-corrected chi connectivity index (χ4v) is 3.44. The monoisotopic (exact) mass is 427 g/mol. The first-order valence-electron chi connectivity index (χ1n) is 9.57. The second kappa shape index (κ2) is 6.89. The third-order valence-electron chi connectivity index (χ3n) is 5.00. The standard InChI is InChI=1S/C20H16F3N7O/c1-11-9-15(26-19-27-18(20(21,22)23)28-29(11)19)25-17(31)14-10-24-30(16(14)12-7-8-12)13-5-3-2-4-6-13/h2-6,9-10,12H,7-8H2,1H3,(H,25,26,27,28,31). The molecule has 0 atom stereocenters. The molecule has 0 radical (unpaired) electrons. The Bertz CT molecular complexity index is 1290. The highest BCUT2D eigenvalue weighted by atomic mass is 19.4. The summed E-state index contributed by atoms with van der Waals surface area (Å²) in [5, 5.41) is 10.5. The Balaban J connectivity index is 1.48. The molecule has 0 unspecified atom stereocenters. The van der Waals surface area contributed by atoms with Crippen LogP contribution in [0, 0.1) is 6.92 Å². The van der Waals surface area contributed by atoms with Crippen molar-refractivity contribution in [2.24, 2.45) is 0 Å². The van der Waals surface area contributed by atoms with Crippen molar-refractivity contribution in [1.29, 1.82) is 0 Å². The van der Waals surface area contributed by atoms with E-state index in [9.17, 15) is 18.0 Å². The summed E-state index contributed by atoms with van der Waals surface area (Å²) in [6.45, 7) is 1.56. The minimum absolute atomic E-state index is 0.0883. The lowest BCUT2D eigenvalue weighted by atomic mass is 10.1. The van der Waals surface area contributed by atoms with E-state index in [0.717, 1.165) is 28.7 Å². The van der Waals surface area contributed by atoms with Crippen LogP contribution in [-0.2, 0) is 6.18 Å². The highest BCUT2D eigenvalue weighted by Crippen LogP contribution is 2.42. The van der Waals surface area contributed by atoms with Crippen LogP contribution in [0.25, 0.3) is 11.5 Å². The van der Waals surface area contributed by atoms with Crippen molar-refractivity contribution in [3.8, 4) is 5.69 Å². The molecular weight excluding hydrogens is 411 g/mol. The van der Waals surface area contributed by atoms with Gasteiger partial charge in [0.2, 0.25) is 0 Å². The molecule has 11 heteroatoms. The first-order chi connectivity index (χ1) is 14.8. The van der Waals surface area contributed by atoms with Crippen molar-refractivity contribution >= 4 is 17.5 Å². The second-order valence-electron chi connectivity index (χ2n) is 7.35. The van der Waals surface area contributed by atoms with E-state index in [1.54, 1.807) is 11.6 Å². The lowest BCUT2D eigenvalue weighted by Gasteiger charge is -2.09. The molecule has 1 aliphatic rings. The maximum Gasteiger partial charge on any atom is 0.453 e. The van der Waals surface area contributed by atoms with Crippen molar-refractivity contribution in [3.63, 3.8) is 0 Å². The minimum atomic E-state index is -4.69. The maximum atomic E-state index is 13.0. The molecule has 8 nitrogen and oxygen atoms in total. The first kappa shape index (κ1) is 19.2. The van der Waals surface area contributed by atoms with Crippen LogP contribution in [0.2, 0.25) is 0 Å². The van der Waals surface area contributed by atoms with Crippen LogP contribution in [0.4, 0.5) is 19.0 Å². The van der Waals surface area contributed by atoms with Crippen molar-refractivity contribution in [2.75, 3.05) is 5.32 Å². The number of para-hydroxylation sites is 1. The van der Waals surface area contributed by atoms with Gasteiger partial charge in [-0.15, -0.1) is 5.10 Å². The Labute approximate surface area is 173 Å². The van der Waals surface area contributed by atoms with E-state index in [1.165, 1.54) is 12.3 Å². The van der Waals surface area contributed by atoms with Crippen LogP contribution in [-0.4, -0.2) is 35.3 Å². The van der Waals surface area contributed by atoms with Crippen LogP contribution in [0.3, 0.4) is 0 Å². The summed E-state index contributed by atoms with van der Waals surface area (Å²) in [7, 11) is 0. The van der Waals surface area contributed by atoms with Gasteiger partial charge in [-0.3, -0.25) is 4.79 Å². The molecule has 0 spiro atoms. The molecule has 0 saturated heterocycles. The van der Waals surface area contributed by atoms with E-state index in [1.807, 2.05) is 30.3 Å². The van der Waals surface area contributed by atoms with Crippen LogP contribution < -0.4 is 5.32 Å². The van der Waals surface area contributed by atoms with Crippen molar-refractivity contribution in [3.05, 3.63) is 65.4 Å². The van der Waals surface area contributed by atoms with Crippen molar-refractivity contribution in [1.82, 2.24) is 29.4 Å². The van der Waals surface area contributed by atoms with Gasteiger partial charge in [0.1, 0.15) is 5.82 Å². The van der Waals surface area contributed by atoms with Crippen LogP contribution in [0.1, 0.15) is 46.3 Å². The average molecular weight is 427 g/mol. The van der Waals surface area contributed by atoms with Gasteiger partial charge in [0.05, 0.1) is 23.1 Å². The number of hydrogen-bond acceptors (Lipinski definition) is 5. The number of rotatable bonds is 4. The third kappa shape index (κ3) is 3.51. The van der Waals surface area contributed by atoms with Gasteiger partial charge in [-0.25, -0.2) is 9.20 Å². The molecule has 1 saturated carbocycles. The van der Waals surface area contributed by atoms with E-state index < -0.39 is 17.9 Å². The molecule has 1 N–H and O–H groups in total. The van der Waals surface area contributed by atoms with Gasteiger partial charge in [-0.1, -0.05) is 18.2 Å². The Hall–Kier alpha value is -3.76. The first-order valence-corrected chi connectivity index (χ1v) is 9.57. The summed E-state index contributed by atoms with van der Waals surface area (Å²) in [6, 6.07) is 10.9. The number of halogens is 3. The molecule has 0 bridgehead atoms. The number of nitrogens with zero attached hydrogens (tertiary/aromatic N) is 6. The number of amides is 1. The van der Waals surface area contributed by atoms with Gasteiger partial charge in [0.15, 0.2) is 0 Å². The number of carbonyl (C=O) groups excluding carboxylic acids is 1. The van der Waals surface area contributed by atoms with Crippen LogP contribution in [0.15, 0.2) is 42.6 Å². The van der Waals surface area contributed by atoms with Crippen molar-refractivity contribution < 1.29 is 18.0 Å². The summed E-state index contributed by atoms with van der Waals surface area (Å²) in [4.78, 5) is 20.5. The maximum absolute atomic E-state index is 13.0. The van der Waals surface area contributed by atoms with E-state index >= 15 is 0 Å². The van der Waals surface area contributed by atoms with Gasteiger partial charge in [0, 0.05) is 17.7 Å². The van der Waals surface area contributed by atoms with Gasteiger partial charge in [0.25, 0.3) is 17.5 Å². The normalized spacial score (nSPS) is 14.2. The average Bonchev–Trinajstić information content (AvgIpc) is 3.29. The zero-order valence-corrected chi connectivity index (χ0v) is 16.3. The fraction of sp³-hybridized carbons (Fsp3) is 0.250. The highest BCUT2D eigenvalue weighted by molar-refractivity contribution is 6.04. The Morgan fingerprint density at radius 2 is 1.90 bits per heavy atom. The Kier molecular flexibility index (Phi) is 4.27. The largest absolute Gasteiger partial charge is 0.453 e. The SMILES string of the molecule is Cc1cc(NC(=O)c2cnn(-c3ccccc3)c2C2CC2)nc2nc(C(F)(F)F)nn12. The van der Waals surface area contributed by atoms with Gasteiger partial charge >= 0.3 is 6.18 Å². The van der Waals surface area contributed by atoms with Gasteiger partial charge in [-0.05, 0) is 31.9 Å². The molecule has 3 heterocycles. The zero-order chi connectivity index (χ0) is 21.8. The number of carbonyl (C=O) groups is 1. The molecule has 1 aliphatic carbocycles. The number of aromatic nitrogens is 6. The number of alkyl halides is 3. The molecule has 31 heavy (non-hydrogen) atoms. The lowest BCUT2D eigenvalue weighted by Crippen LogP contribution is -2.16. The topological polar surface area (TPSA) is 90.0 Å². The number of aryl methyl sites for hydroxylation is 1. The Morgan fingerprint density at radius 3 is 2.58 bits per heavy atom. The summed E-state index contributed by atoms with van der Waals surface area (Å²) in [5.41, 5.74) is 2.42. The quantitative estimate of drug-likeness (QED) is 0.536. The molecular formula is C20H16F3N7O. The second-order valence-corrected chi connectivity index (χ2v) is 7.35. The number of fused-ring (bicyclic) bond motifs is 1. The van der Waals surface area contributed by atoms with E-state index in [2.05, 4.69) is 25.5 Å². The molecule has 1 fully saturated rings. The summed E-state index contributed by atoms with van der Waals surface area (Å²) < 4.78 is 41.5. The minimum Gasteiger partial charge on any atom is -0.306 e. The predicted octanol–water partition coefficient (Wildman–Crippen LogP) is 3.77. The molecule has 3 aromatic heterocycles. The highest BCUT2D eigenvalue weighted by Gasteiger charge is 2.37. The number of nitrogens with one attached hydrogen (secondary N) is 1. The number of benzene rings is 1. The van der Waals surface area contributed by atoms with Crippen LogP contribution in [0.5, 0.6) is 0 Å². The molecule has 5 rings (SSSR count). The third-order valence-corrected chi connectivity index (χ3v) is 5.00. The van der Waals surface area contributed by atoms with E-state index in [-0.39, 0.29) is 17.5 Å². The molecule has 158 valence electrons. The van der Waals surface area contributed by atoms with Crippen LogP contribution >= 0.6 is 0 Å². The Morgan fingerprint density at radius 1 is 1.16 bits per heavy atom. The van der Waals surface area contributed by atoms with Crippen molar-refractivity contribution in [2.45, 2.75) is 31.9 Å². The predicted molar refractivity (Wildman–Crippen MR) is 104 cm³/mol. The van der Waals surface area contributed by atoms with Gasteiger partial charge < -0.3 is 5.32 Å². The summed E-state index contributed by atoms with van der Waals surface area (Å²) >= 11 is 0. The fourth-order valence-electron chi connectivity index (χ4n) is 3.44. The van der Waals surface area contributed by atoms with E-state index in [4.69, 9.17) is 0 Å². The summed E-state index contributed by atoms with van der Waals surface area (Å²) in [5.74, 6) is -1.65. The number of hydrogen-bond donors (Lipinski definition) is 1. The molecule has 1 amide bonds. The molecule has 1 aromatic carbocycles. The zero-order valence-electron chi connectivity index (χ0n) is 16.3. The molecule has 4 aromatic rings.